The fraction of sp³-hybridized carbons (Fsp3) is 0.600. The molecule has 1 aliphatic heterocycles. The molecule has 1 aliphatic rings. The zero-order chi connectivity index (χ0) is 8.10. The van der Waals surface area contributed by atoms with Gasteiger partial charge in [-0.05, 0) is 37.5 Å². The summed E-state index contributed by atoms with van der Waals surface area (Å²) in [7, 11) is 0. The van der Waals surface area contributed by atoms with Crippen molar-refractivity contribution in [3.05, 3.63) is 23.3 Å². The van der Waals surface area contributed by atoms with Crippen LogP contribution in [-0.2, 0) is 0 Å². The van der Waals surface area contributed by atoms with Gasteiger partial charge in [0, 0.05) is 6.54 Å². The maximum absolute atomic E-state index is 3.37. The molecule has 0 bridgehead atoms. The standard InChI is InChI=1S/C10H17N/c1-3-5-10-6-7-11-8-9(10)4-2/h4-5,11H,3,6-8H2,1-2H3/b9-4-,10-5-. The minimum atomic E-state index is 1.06. The third kappa shape index (κ3) is 2.19. The first-order valence-corrected chi connectivity index (χ1v) is 4.43. The monoisotopic (exact) mass is 151 g/mol. The Labute approximate surface area is 69.2 Å². The third-order valence-corrected chi connectivity index (χ3v) is 2.10. The van der Waals surface area contributed by atoms with Crippen molar-refractivity contribution in [3.8, 4) is 0 Å². The molecule has 1 fully saturated rings. The molecule has 0 saturated carbocycles. The van der Waals surface area contributed by atoms with Gasteiger partial charge in [0.2, 0.25) is 0 Å². The molecular formula is C10H17N. The van der Waals surface area contributed by atoms with Crippen LogP contribution >= 0.6 is 0 Å². The van der Waals surface area contributed by atoms with Crippen LogP contribution in [0.5, 0.6) is 0 Å². The fourth-order valence-corrected chi connectivity index (χ4v) is 1.49. The molecule has 0 radical (unpaired) electrons. The van der Waals surface area contributed by atoms with Gasteiger partial charge in [-0.2, -0.15) is 0 Å². The van der Waals surface area contributed by atoms with E-state index in [4.69, 9.17) is 0 Å². The van der Waals surface area contributed by atoms with Crippen molar-refractivity contribution in [2.24, 2.45) is 0 Å². The minimum Gasteiger partial charge on any atom is -0.312 e. The summed E-state index contributed by atoms with van der Waals surface area (Å²) in [4.78, 5) is 0. The van der Waals surface area contributed by atoms with Crippen molar-refractivity contribution in [3.63, 3.8) is 0 Å². The van der Waals surface area contributed by atoms with Crippen LogP contribution in [-0.4, -0.2) is 13.1 Å². The van der Waals surface area contributed by atoms with E-state index in [0.717, 1.165) is 19.5 Å². The topological polar surface area (TPSA) is 12.0 Å². The van der Waals surface area contributed by atoms with E-state index in [1.807, 2.05) is 0 Å². The van der Waals surface area contributed by atoms with Gasteiger partial charge in [-0.15, -0.1) is 0 Å². The first-order chi connectivity index (χ1) is 5.38. The zero-order valence-corrected chi connectivity index (χ0v) is 7.48. The molecule has 0 spiro atoms. The van der Waals surface area contributed by atoms with E-state index in [0.29, 0.717) is 0 Å². The van der Waals surface area contributed by atoms with Crippen molar-refractivity contribution in [1.29, 1.82) is 0 Å². The van der Waals surface area contributed by atoms with E-state index in [1.165, 1.54) is 12.0 Å². The smallest absolute Gasteiger partial charge is 0.0204 e. The van der Waals surface area contributed by atoms with Gasteiger partial charge < -0.3 is 5.32 Å². The lowest BCUT2D eigenvalue weighted by Gasteiger charge is -2.19. The summed E-state index contributed by atoms with van der Waals surface area (Å²) in [6.07, 6.45) is 6.92. The second-order valence-electron chi connectivity index (χ2n) is 2.88. The molecule has 0 amide bonds. The van der Waals surface area contributed by atoms with E-state index in [1.54, 1.807) is 5.57 Å². The van der Waals surface area contributed by atoms with Crippen LogP contribution in [0.3, 0.4) is 0 Å². The molecule has 1 heterocycles. The fourth-order valence-electron chi connectivity index (χ4n) is 1.49. The number of allylic oxidation sites excluding steroid dienone is 2. The SMILES string of the molecule is C/C=C1/CNCC/C1=C/CC. The molecule has 0 aromatic rings. The van der Waals surface area contributed by atoms with Crippen LogP contribution < -0.4 is 5.32 Å². The van der Waals surface area contributed by atoms with E-state index in [-0.39, 0.29) is 0 Å². The Morgan fingerprint density at radius 3 is 2.91 bits per heavy atom. The average Bonchev–Trinajstić information content (AvgIpc) is 2.06. The van der Waals surface area contributed by atoms with Crippen molar-refractivity contribution in [1.82, 2.24) is 5.32 Å². The highest BCUT2D eigenvalue weighted by atomic mass is 14.9. The molecule has 1 saturated heterocycles. The Balaban J connectivity index is 2.67. The highest BCUT2D eigenvalue weighted by molar-refractivity contribution is 5.33. The number of nitrogens with one attached hydrogen (secondary N) is 1. The quantitative estimate of drug-likeness (QED) is 0.606. The highest BCUT2D eigenvalue weighted by Gasteiger charge is 2.08. The number of hydrogen-bond donors (Lipinski definition) is 1. The maximum atomic E-state index is 3.37. The Hall–Kier alpha value is -0.560. The predicted octanol–water partition coefficient (Wildman–Crippen LogP) is 2.26. The van der Waals surface area contributed by atoms with Crippen molar-refractivity contribution in [2.75, 3.05) is 13.1 Å². The highest BCUT2D eigenvalue weighted by Crippen LogP contribution is 2.17. The molecule has 1 rings (SSSR count). The van der Waals surface area contributed by atoms with Crippen molar-refractivity contribution in [2.45, 2.75) is 26.7 Å². The summed E-state index contributed by atoms with van der Waals surface area (Å²) < 4.78 is 0. The Bertz CT molecular complexity index is 177. The van der Waals surface area contributed by atoms with Gasteiger partial charge in [-0.25, -0.2) is 0 Å². The minimum absolute atomic E-state index is 1.06. The lowest BCUT2D eigenvalue weighted by Crippen LogP contribution is -2.25. The van der Waals surface area contributed by atoms with Crippen LogP contribution in [0.4, 0.5) is 0 Å². The molecule has 1 nitrogen and oxygen atoms in total. The molecule has 0 aliphatic carbocycles. The van der Waals surface area contributed by atoms with Gasteiger partial charge >= 0.3 is 0 Å². The summed E-state index contributed by atoms with van der Waals surface area (Å²) in [5.74, 6) is 0. The Morgan fingerprint density at radius 2 is 2.27 bits per heavy atom. The predicted molar refractivity (Wildman–Crippen MR) is 49.6 cm³/mol. The normalized spacial score (nSPS) is 26.4. The van der Waals surface area contributed by atoms with Crippen molar-refractivity contribution < 1.29 is 0 Å². The van der Waals surface area contributed by atoms with Gasteiger partial charge in [0.15, 0.2) is 0 Å². The molecule has 0 unspecified atom stereocenters. The van der Waals surface area contributed by atoms with Crippen LogP contribution in [0.2, 0.25) is 0 Å². The van der Waals surface area contributed by atoms with Gasteiger partial charge in [-0.1, -0.05) is 19.1 Å². The second-order valence-corrected chi connectivity index (χ2v) is 2.88. The zero-order valence-electron chi connectivity index (χ0n) is 7.48. The lowest BCUT2D eigenvalue weighted by atomic mass is 9.98. The number of rotatable bonds is 1. The van der Waals surface area contributed by atoms with Crippen LogP contribution in [0, 0.1) is 0 Å². The molecule has 1 N–H and O–H groups in total. The molecule has 11 heavy (non-hydrogen) atoms. The van der Waals surface area contributed by atoms with Gasteiger partial charge in [-0.3, -0.25) is 0 Å². The summed E-state index contributed by atoms with van der Waals surface area (Å²) in [6.45, 7) is 6.51. The van der Waals surface area contributed by atoms with Gasteiger partial charge in [0.05, 0.1) is 0 Å². The summed E-state index contributed by atoms with van der Waals surface area (Å²) in [6, 6.07) is 0. The molecular weight excluding hydrogens is 134 g/mol. The van der Waals surface area contributed by atoms with E-state index < -0.39 is 0 Å². The van der Waals surface area contributed by atoms with Gasteiger partial charge in [0.1, 0.15) is 0 Å². The van der Waals surface area contributed by atoms with E-state index in [9.17, 15) is 0 Å². The summed E-state index contributed by atoms with van der Waals surface area (Å²) in [5.41, 5.74) is 3.03. The van der Waals surface area contributed by atoms with E-state index in [2.05, 4.69) is 31.3 Å². The maximum Gasteiger partial charge on any atom is 0.0204 e. The average molecular weight is 151 g/mol. The first-order valence-electron chi connectivity index (χ1n) is 4.43. The van der Waals surface area contributed by atoms with Crippen LogP contribution in [0.25, 0.3) is 0 Å². The Kier molecular flexibility index (Phi) is 3.37. The Morgan fingerprint density at radius 1 is 1.45 bits per heavy atom. The lowest BCUT2D eigenvalue weighted by molar-refractivity contribution is 0.679. The number of hydrogen-bond acceptors (Lipinski definition) is 1. The molecule has 0 aromatic carbocycles. The second kappa shape index (κ2) is 4.35. The first kappa shape index (κ1) is 8.54. The third-order valence-electron chi connectivity index (χ3n) is 2.10. The molecule has 0 aromatic heterocycles. The van der Waals surface area contributed by atoms with Gasteiger partial charge in [0.25, 0.3) is 0 Å². The van der Waals surface area contributed by atoms with Crippen molar-refractivity contribution >= 4 is 0 Å². The molecule has 1 heteroatoms. The largest absolute Gasteiger partial charge is 0.312 e. The summed E-state index contributed by atoms with van der Waals surface area (Å²) in [5, 5.41) is 3.37. The van der Waals surface area contributed by atoms with Crippen LogP contribution in [0.15, 0.2) is 23.3 Å². The summed E-state index contributed by atoms with van der Waals surface area (Å²) >= 11 is 0. The molecule has 62 valence electrons. The molecule has 0 atom stereocenters. The number of piperidine rings is 1. The van der Waals surface area contributed by atoms with E-state index >= 15 is 0 Å². The van der Waals surface area contributed by atoms with Crippen LogP contribution in [0.1, 0.15) is 26.7 Å².